The molecule has 2 amide bonds. The fourth-order valence-corrected chi connectivity index (χ4v) is 8.89. The summed E-state index contributed by atoms with van der Waals surface area (Å²) in [6.45, 7) is 14.4. The number of hydrogen-bond donors (Lipinski definition) is 0. The molecule has 0 saturated heterocycles. The smallest absolute Gasteiger partial charge is 0.263 e. The Bertz CT molecular complexity index is 2460. The first kappa shape index (κ1) is 45.5. The fourth-order valence-electron chi connectivity index (χ4n) is 7.17. The molecule has 0 spiro atoms. The van der Waals surface area contributed by atoms with Crippen molar-refractivity contribution >= 4 is 44.8 Å². The van der Waals surface area contributed by atoms with Crippen LogP contribution in [0.25, 0.3) is 21.1 Å². The average molecular weight is 879 g/mol. The third-order valence-electron chi connectivity index (χ3n) is 10.2. The number of ether oxygens (including phenoxy) is 5. The van der Waals surface area contributed by atoms with Crippen molar-refractivity contribution in [2.45, 2.75) is 67.2 Å². The van der Waals surface area contributed by atoms with E-state index in [0.717, 1.165) is 80.6 Å². The molecule has 0 fully saturated rings. The van der Waals surface area contributed by atoms with E-state index in [-0.39, 0.29) is 11.8 Å². The van der Waals surface area contributed by atoms with Gasteiger partial charge < -0.3 is 23.7 Å². The van der Waals surface area contributed by atoms with E-state index in [9.17, 15) is 9.59 Å². The lowest BCUT2D eigenvalue weighted by Gasteiger charge is -2.22. The molecule has 4 aromatic carbocycles. The number of rotatable bonds is 15. The van der Waals surface area contributed by atoms with Crippen molar-refractivity contribution in [3.05, 3.63) is 100 Å². The van der Waals surface area contributed by atoms with E-state index in [4.69, 9.17) is 23.7 Å². The molecule has 0 aliphatic carbocycles. The van der Waals surface area contributed by atoms with E-state index in [0.29, 0.717) is 64.9 Å². The number of methoxy groups -OCH3 is 3. The second-order valence-corrected chi connectivity index (χ2v) is 16.7. The minimum absolute atomic E-state index is 0.125. The summed E-state index contributed by atoms with van der Waals surface area (Å²) in [4.78, 5) is 30.2. The molecule has 2 aromatic heterocycles. The predicted octanol–water partition coefficient (Wildman–Crippen LogP) is 10.3. The van der Waals surface area contributed by atoms with Crippen molar-refractivity contribution in [3.63, 3.8) is 0 Å². The van der Waals surface area contributed by atoms with Crippen LogP contribution in [0.15, 0.2) is 66.7 Å². The molecule has 0 saturated carbocycles. The van der Waals surface area contributed by atoms with Gasteiger partial charge in [-0.15, -0.1) is 20.4 Å². The number of aryl methyl sites for hydroxylation is 4. The van der Waals surface area contributed by atoms with Crippen LogP contribution in [0.2, 0.25) is 0 Å². The molecule has 1 aliphatic heterocycles. The second kappa shape index (κ2) is 21.1. The van der Waals surface area contributed by atoms with Crippen molar-refractivity contribution < 1.29 is 33.3 Å². The molecule has 13 nitrogen and oxygen atoms in total. The highest BCUT2D eigenvalue weighted by molar-refractivity contribution is 7.19. The van der Waals surface area contributed by atoms with Gasteiger partial charge in [-0.25, -0.2) is 0 Å². The number of anilines is 2. The highest BCUT2D eigenvalue weighted by atomic mass is 32.1. The van der Waals surface area contributed by atoms with Gasteiger partial charge in [-0.3, -0.25) is 19.4 Å². The number of nitrogens with zero attached hydrogens (tertiary/aromatic N) is 6. The summed E-state index contributed by atoms with van der Waals surface area (Å²) in [6, 6.07) is 20.7. The number of carbonyl (C=O) groups is 2. The molecular formula is C47H54N6O7S2. The minimum Gasteiger partial charge on any atom is -0.496 e. The molecule has 15 heteroatoms. The van der Waals surface area contributed by atoms with Crippen molar-refractivity contribution in [3.8, 4) is 49.9 Å². The number of amides is 2. The van der Waals surface area contributed by atoms with Crippen LogP contribution in [0.5, 0.6) is 28.7 Å². The quantitative estimate of drug-likeness (QED) is 0.0974. The lowest BCUT2D eigenvalue weighted by molar-refractivity contribution is 0.0976. The van der Waals surface area contributed by atoms with E-state index in [1.807, 2.05) is 64.1 Å². The van der Waals surface area contributed by atoms with Crippen LogP contribution in [0.3, 0.4) is 0 Å². The van der Waals surface area contributed by atoms with Gasteiger partial charge >= 0.3 is 0 Å². The largest absolute Gasteiger partial charge is 0.496 e. The number of para-hydroxylation sites is 1. The van der Waals surface area contributed by atoms with Gasteiger partial charge in [0.05, 0.1) is 26.9 Å². The van der Waals surface area contributed by atoms with Gasteiger partial charge in [0.2, 0.25) is 10.3 Å². The molecule has 0 N–H and O–H groups in total. The summed E-state index contributed by atoms with van der Waals surface area (Å²) in [5.74, 6) is 3.30. The summed E-state index contributed by atoms with van der Waals surface area (Å²) in [7, 11) is 4.92. The number of carbonyl (C=O) groups excluding carboxylic acids is 2. The molecule has 3 heterocycles. The highest BCUT2D eigenvalue weighted by Gasteiger charge is 2.26. The molecule has 6 aromatic rings. The number of aromatic nitrogens is 4. The summed E-state index contributed by atoms with van der Waals surface area (Å²) in [5.41, 5.74) is 7.14. The average Bonchev–Trinajstić information content (AvgIpc) is 3.98. The van der Waals surface area contributed by atoms with E-state index < -0.39 is 0 Å². The topological polar surface area (TPSA) is 138 Å². The number of fused-ring (bicyclic) bond motifs is 1. The van der Waals surface area contributed by atoms with Crippen LogP contribution in [0.4, 0.5) is 10.3 Å². The second-order valence-electron chi connectivity index (χ2n) is 14.7. The minimum atomic E-state index is -0.134. The summed E-state index contributed by atoms with van der Waals surface area (Å²) in [6.07, 6.45) is 3.67. The van der Waals surface area contributed by atoms with Gasteiger partial charge in [0.1, 0.15) is 40.5 Å². The van der Waals surface area contributed by atoms with E-state index in [1.165, 1.54) is 22.7 Å². The SMILES string of the molecule is CCCCN(C(=O)c1ccc2c(c1)OCCO2)c1nnc(-c2cc(C)c(OC)c(C)c2)s1.CCCCN(C(=O)c1ccccc1OC)c1nnc(-c2cc(C)c(OC)c(C)c2)s1. The maximum absolute atomic E-state index is 13.4. The van der Waals surface area contributed by atoms with E-state index >= 15 is 0 Å². The molecule has 0 atom stereocenters. The lowest BCUT2D eigenvalue weighted by Crippen LogP contribution is -2.32. The summed E-state index contributed by atoms with van der Waals surface area (Å²) in [5, 5.41) is 20.2. The predicted molar refractivity (Wildman–Crippen MR) is 246 cm³/mol. The Morgan fingerprint density at radius 2 is 1.10 bits per heavy atom. The molecule has 0 radical (unpaired) electrons. The summed E-state index contributed by atoms with van der Waals surface area (Å²) < 4.78 is 27.5. The Labute approximate surface area is 371 Å². The third kappa shape index (κ3) is 10.3. The number of benzene rings is 4. The normalized spacial score (nSPS) is 11.6. The van der Waals surface area contributed by atoms with Crippen molar-refractivity contribution in [1.29, 1.82) is 0 Å². The first-order valence-electron chi connectivity index (χ1n) is 20.7. The van der Waals surface area contributed by atoms with Crippen LogP contribution in [-0.4, -0.2) is 79.8 Å². The van der Waals surface area contributed by atoms with Gasteiger partial charge in [-0.05, 0) is 117 Å². The first-order chi connectivity index (χ1) is 30.0. The Kier molecular flexibility index (Phi) is 15.5. The van der Waals surface area contributed by atoms with E-state index in [1.54, 1.807) is 61.5 Å². The zero-order chi connectivity index (χ0) is 44.3. The van der Waals surface area contributed by atoms with Crippen molar-refractivity contribution in [1.82, 2.24) is 20.4 Å². The van der Waals surface area contributed by atoms with Crippen LogP contribution in [-0.2, 0) is 0 Å². The fraction of sp³-hybridized carbons (Fsp3) is 0.362. The van der Waals surface area contributed by atoms with Crippen LogP contribution in [0.1, 0.15) is 82.5 Å². The maximum Gasteiger partial charge on any atom is 0.263 e. The highest BCUT2D eigenvalue weighted by Crippen LogP contribution is 2.37. The maximum atomic E-state index is 13.4. The lowest BCUT2D eigenvalue weighted by atomic mass is 10.1. The van der Waals surface area contributed by atoms with Crippen LogP contribution < -0.4 is 33.5 Å². The zero-order valence-electron chi connectivity index (χ0n) is 36.9. The number of hydrogen-bond acceptors (Lipinski definition) is 13. The van der Waals surface area contributed by atoms with Gasteiger partial charge in [0.25, 0.3) is 11.8 Å². The van der Waals surface area contributed by atoms with Gasteiger partial charge in [-0.2, -0.15) is 0 Å². The molecule has 1 aliphatic rings. The molecule has 0 bridgehead atoms. The molecule has 7 rings (SSSR count). The van der Waals surface area contributed by atoms with Gasteiger partial charge in [-0.1, -0.05) is 61.5 Å². The van der Waals surface area contributed by atoms with E-state index in [2.05, 4.69) is 34.2 Å². The van der Waals surface area contributed by atoms with Gasteiger partial charge in [0, 0.05) is 29.8 Å². The first-order valence-corrected chi connectivity index (χ1v) is 22.3. The summed E-state index contributed by atoms with van der Waals surface area (Å²) >= 11 is 2.83. The Hall–Kier alpha value is -6.06. The van der Waals surface area contributed by atoms with Crippen LogP contribution >= 0.6 is 22.7 Å². The molecule has 62 heavy (non-hydrogen) atoms. The van der Waals surface area contributed by atoms with Crippen molar-refractivity contribution in [2.75, 3.05) is 57.4 Å². The Balaban J connectivity index is 0.000000207. The number of unbranched alkanes of at least 4 members (excludes halogenated alkanes) is 2. The Morgan fingerprint density at radius 1 is 0.613 bits per heavy atom. The zero-order valence-corrected chi connectivity index (χ0v) is 38.5. The van der Waals surface area contributed by atoms with Gasteiger partial charge in [0.15, 0.2) is 11.5 Å². The van der Waals surface area contributed by atoms with Crippen LogP contribution in [0, 0.1) is 27.7 Å². The van der Waals surface area contributed by atoms with Crippen molar-refractivity contribution in [2.24, 2.45) is 0 Å². The Morgan fingerprint density at radius 3 is 1.58 bits per heavy atom. The monoisotopic (exact) mass is 878 g/mol. The molecular weight excluding hydrogens is 825 g/mol. The molecule has 326 valence electrons. The standard InChI is InChI=1S/C24H27N3O4S.C23H27N3O3S/c1-5-6-9-27(23(28)17-7-8-19-20(14-17)31-11-10-30-19)24-26-25-22(32-24)18-12-15(2)21(29-4)16(3)13-18;1-6-7-12-26(22(27)18-10-8-9-11-19(18)28-4)23-25-24-21(30-23)17-13-15(2)20(29-5)16(3)14-17/h7-8,12-14H,5-6,9-11H2,1-4H3;8-11,13-14H,6-7,12H2,1-5H3. The third-order valence-corrected chi connectivity index (χ3v) is 12.2. The molecule has 0 unspecified atom stereocenters.